The molecule has 2 saturated heterocycles. The second-order valence-electron chi connectivity index (χ2n) is 8.90. The van der Waals surface area contributed by atoms with Crippen molar-refractivity contribution in [1.29, 1.82) is 0 Å². The summed E-state index contributed by atoms with van der Waals surface area (Å²) in [6, 6.07) is 15.8. The summed E-state index contributed by atoms with van der Waals surface area (Å²) in [4.78, 5) is 15.0. The summed E-state index contributed by atoms with van der Waals surface area (Å²) < 4.78 is 54.3. The van der Waals surface area contributed by atoms with Crippen molar-refractivity contribution in [3.8, 4) is 0 Å². The van der Waals surface area contributed by atoms with E-state index in [1.165, 1.54) is 8.61 Å². The Balaban J connectivity index is 1.30. The van der Waals surface area contributed by atoms with Crippen molar-refractivity contribution in [2.75, 3.05) is 39.3 Å². The summed E-state index contributed by atoms with van der Waals surface area (Å²) in [5, 5.41) is 0. The molecule has 0 aromatic heterocycles. The molecule has 2 aromatic rings. The summed E-state index contributed by atoms with van der Waals surface area (Å²) in [5.41, 5.74) is 1.74. The molecule has 0 radical (unpaired) electrons. The summed E-state index contributed by atoms with van der Waals surface area (Å²) in [6.45, 7) is 3.76. The lowest BCUT2D eigenvalue weighted by atomic mass is 9.96. The van der Waals surface area contributed by atoms with Crippen molar-refractivity contribution in [1.82, 2.24) is 13.5 Å². The Labute approximate surface area is 202 Å². The molecular weight excluding hydrogens is 474 g/mol. The maximum absolute atomic E-state index is 13.1. The van der Waals surface area contributed by atoms with E-state index in [1.807, 2.05) is 31.2 Å². The van der Waals surface area contributed by atoms with Gasteiger partial charge in [0.1, 0.15) is 0 Å². The van der Waals surface area contributed by atoms with Crippen molar-refractivity contribution in [2.24, 2.45) is 5.92 Å². The van der Waals surface area contributed by atoms with Crippen molar-refractivity contribution in [3.63, 3.8) is 0 Å². The van der Waals surface area contributed by atoms with Crippen LogP contribution in [0.2, 0.25) is 0 Å². The number of sulfonamides is 2. The average molecular weight is 506 g/mol. The van der Waals surface area contributed by atoms with Gasteiger partial charge in [-0.15, -0.1) is 0 Å². The molecule has 0 bridgehead atoms. The molecule has 2 fully saturated rings. The molecule has 0 atom stereocenters. The zero-order chi connectivity index (χ0) is 24.3. The smallest absolute Gasteiger partial charge is 0.243 e. The van der Waals surface area contributed by atoms with E-state index in [0.29, 0.717) is 39.0 Å². The van der Waals surface area contributed by atoms with Gasteiger partial charge in [-0.25, -0.2) is 21.1 Å². The lowest BCUT2D eigenvalue weighted by molar-refractivity contribution is -0.137. The summed E-state index contributed by atoms with van der Waals surface area (Å²) in [6.07, 6.45) is 0.961. The molecular formula is C24H31N3O5S2. The van der Waals surface area contributed by atoms with Gasteiger partial charge in [-0.1, -0.05) is 42.5 Å². The van der Waals surface area contributed by atoms with Crippen LogP contribution in [0, 0.1) is 12.8 Å². The van der Waals surface area contributed by atoms with Crippen molar-refractivity contribution in [2.45, 2.75) is 30.4 Å². The van der Waals surface area contributed by atoms with Crippen LogP contribution in [0.25, 0.3) is 0 Å². The highest BCUT2D eigenvalue weighted by Crippen LogP contribution is 2.25. The first-order valence-corrected chi connectivity index (χ1v) is 14.6. The first-order valence-electron chi connectivity index (χ1n) is 11.5. The number of nitrogens with zero attached hydrogens (tertiary/aromatic N) is 3. The number of piperazine rings is 1. The van der Waals surface area contributed by atoms with Gasteiger partial charge in [-0.3, -0.25) is 4.79 Å². The number of piperidine rings is 1. The minimum absolute atomic E-state index is 0.00675. The van der Waals surface area contributed by atoms with Crippen LogP contribution in [0.5, 0.6) is 0 Å². The van der Waals surface area contributed by atoms with Gasteiger partial charge in [0.15, 0.2) is 0 Å². The normalized spacial score (nSPS) is 19.3. The number of hydrogen-bond donors (Lipinski definition) is 0. The zero-order valence-electron chi connectivity index (χ0n) is 19.3. The summed E-state index contributed by atoms with van der Waals surface area (Å²) in [7, 11) is -7.01. The minimum atomic E-state index is -3.57. The Morgan fingerprint density at radius 2 is 1.38 bits per heavy atom. The van der Waals surface area contributed by atoms with Crippen LogP contribution in [-0.2, 0) is 30.6 Å². The predicted octanol–water partition coefficient (Wildman–Crippen LogP) is 2.07. The van der Waals surface area contributed by atoms with Gasteiger partial charge < -0.3 is 4.90 Å². The fourth-order valence-electron chi connectivity index (χ4n) is 4.59. The average Bonchev–Trinajstić information content (AvgIpc) is 2.85. The number of carbonyl (C=O) groups is 1. The molecule has 2 aromatic carbocycles. The van der Waals surface area contributed by atoms with Crippen LogP contribution >= 0.6 is 0 Å². The van der Waals surface area contributed by atoms with Crippen LogP contribution in [-0.4, -0.2) is 75.5 Å². The lowest BCUT2D eigenvalue weighted by Crippen LogP contribution is -2.53. The molecule has 2 aliphatic heterocycles. The van der Waals surface area contributed by atoms with Crippen LogP contribution < -0.4 is 0 Å². The monoisotopic (exact) mass is 505 g/mol. The fourth-order valence-corrected chi connectivity index (χ4v) is 7.70. The quantitative estimate of drug-likeness (QED) is 0.599. The van der Waals surface area contributed by atoms with E-state index in [0.717, 1.165) is 11.1 Å². The van der Waals surface area contributed by atoms with Gasteiger partial charge in [0.2, 0.25) is 26.0 Å². The topological polar surface area (TPSA) is 95.1 Å². The van der Waals surface area contributed by atoms with E-state index in [2.05, 4.69) is 0 Å². The highest BCUT2D eigenvalue weighted by Gasteiger charge is 2.36. The Morgan fingerprint density at radius 1 is 0.794 bits per heavy atom. The third-order valence-corrected chi connectivity index (χ3v) is 10.5. The summed E-state index contributed by atoms with van der Waals surface area (Å²) in [5.74, 6) is -0.272. The van der Waals surface area contributed by atoms with Gasteiger partial charge in [0, 0.05) is 45.2 Å². The molecule has 0 spiro atoms. The molecule has 10 heteroatoms. The van der Waals surface area contributed by atoms with Gasteiger partial charge >= 0.3 is 0 Å². The van der Waals surface area contributed by atoms with Crippen molar-refractivity contribution in [3.05, 3.63) is 65.7 Å². The number of carbonyl (C=O) groups excluding carboxylic acids is 1. The fraction of sp³-hybridized carbons (Fsp3) is 0.458. The molecule has 0 unspecified atom stereocenters. The molecule has 8 nitrogen and oxygen atoms in total. The largest absolute Gasteiger partial charge is 0.340 e. The lowest BCUT2D eigenvalue weighted by Gasteiger charge is -2.38. The molecule has 0 N–H and O–H groups in total. The Bertz CT molecular complexity index is 1220. The van der Waals surface area contributed by atoms with E-state index in [1.54, 1.807) is 35.2 Å². The number of rotatable bonds is 6. The predicted molar refractivity (Wildman–Crippen MR) is 130 cm³/mol. The molecule has 0 aliphatic carbocycles. The van der Waals surface area contributed by atoms with Crippen LogP contribution in [0.15, 0.2) is 59.5 Å². The molecule has 184 valence electrons. The van der Waals surface area contributed by atoms with Gasteiger partial charge in [-0.2, -0.15) is 4.31 Å². The second-order valence-corrected chi connectivity index (χ2v) is 12.8. The third-order valence-electron chi connectivity index (χ3n) is 6.73. The Hall–Kier alpha value is -2.27. The summed E-state index contributed by atoms with van der Waals surface area (Å²) >= 11 is 0. The van der Waals surface area contributed by atoms with Crippen LogP contribution in [0.4, 0.5) is 0 Å². The molecule has 2 aliphatic rings. The number of benzene rings is 2. The van der Waals surface area contributed by atoms with Crippen molar-refractivity contribution >= 4 is 26.0 Å². The second kappa shape index (κ2) is 10.2. The van der Waals surface area contributed by atoms with Crippen molar-refractivity contribution < 1.29 is 21.6 Å². The maximum atomic E-state index is 13.1. The maximum Gasteiger partial charge on any atom is 0.243 e. The third kappa shape index (κ3) is 5.35. The first-order chi connectivity index (χ1) is 16.2. The number of aryl methyl sites for hydroxylation is 1. The van der Waals surface area contributed by atoms with E-state index in [4.69, 9.17) is 0 Å². The van der Waals surface area contributed by atoms with Gasteiger partial charge in [0.25, 0.3) is 0 Å². The minimum Gasteiger partial charge on any atom is -0.340 e. The number of amides is 1. The molecule has 4 rings (SSSR count). The highest BCUT2D eigenvalue weighted by molar-refractivity contribution is 7.89. The van der Waals surface area contributed by atoms with E-state index >= 15 is 0 Å². The van der Waals surface area contributed by atoms with Gasteiger partial charge in [0.05, 0.1) is 10.6 Å². The van der Waals surface area contributed by atoms with Crippen LogP contribution in [0.3, 0.4) is 0 Å². The number of hydrogen-bond acceptors (Lipinski definition) is 5. The molecule has 1 amide bonds. The Kier molecular flexibility index (Phi) is 7.42. The standard InChI is InChI=1S/C24H31N3O5S2/c1-20-7-5-6-8-22(20)19-33(29,30)26-13-11-21(12-14-26)24(28)25-15-17-27(18-16-25)34(31,32)23-9-3-2-4-10-23/h2-10,21H,11-19H2,1H3. The van der Waals surface area contributed by atoms with E-state index in [-0.39, 0.29) is 35.6 Å². The van der Waals surface area contributed by atoms with E-state index in [9.17, 15) is 21.6 Å². The van der Waals surface area contributed by atoms with Gasteiger partial charge in [-0.05, 0) is 43.0 Å². The first kappa shape index (κ1) is 24.8. The molecule has 0 saturated carbocycles. The van der Waals surface area contributed by atoms with E-state index < -0.39 is 20.0 Å². The SMILES string of the molecule is Cc1ccccc1CS(=O)(=O)N1CCC(C(=O)N2CCN(S(=O)(=O)c3ccccc3)CC2)CC1. The Morgan fingerprint density at radius 3 is 2.00 bits per heavy atom. The van der Waals surface area contributed by atoms with Crippen LogP contribution in [0.1, 0.15) is 24.0 Å². The highest BCUT2D eigenvalue weighted by atomic mass is 32.2. The molecule has 34 heavy (non-hydrogen) atoms. The zero-order valence-corrected chi connectivity index (χ0v) is 21.0. The molecule has 2 heterocycles.